The second-order valence-corrected chi connectivity index (χ2v) is 9.09. The van der Waals surface area contributed by atoms with Gasteiger partial charge in [-0.3, -0.25) is 0 Å². The van der Waals surface area contributed by atoms with Crippen molar-refractivity contribution in [1.29, 1.82) is 0 Å². The number of thiophene rings is 1. The van der Waals surface area contributed by atoms with E-state index < -0.39 is 0 Å². The van der Waals surface area contributed by atoms with Crippen LogP contribution in [0.4, 0.5) is 0 Å². The van der Waals surface area contributed by atoms with E-state index in [4.69, 9.17) is 23.2 Å². The molecule has 1 aromatic carbocycles. The van der Waals surface area contributed by atoms with Gasteiger partial charge in [-0.25, -0.2) is 4.98 Å². The van der Waals surface area contributed by atoms with Crippen molar-refractivity contribution in [2.45, 2.75) is 30.4 Å². The Labute approximate surface area is 160 Å². The van der Waals surface area contributed by atoms with Crippen LogP contribution >= 0.6 is 46.3 Å². The minimum absolute atomic E-state index is 0.524. The van der Waals surface area contributed by atoms with Crippen molar-refractivity contribution in [2.24, 2.45) is 0 Å². The van der Waals surface area contributed by atoms with E-state index in [0.29, 0.717) is 5.25 Å². The maximum absolute atomic E-state index is 6.03. The Bertz CT molecular complexity index is 739. The molecule has 2 heterocycles. The first-order valence-electron chi connectivity index (χ1n) is 7.75. The molecule has 0 amide bonds. The van der Waals surface area contributed by atoms with Gasteiger partial charge in [0.25, 0.3) is 0 Å². The lowest BCUT2D eigenvalue weighted by Gasteiger charge is -2.17. The van der Waals surface area contributed by atoms with Crippen molar-refractivity contribution in [2.75, 3.05) is 0 Å². The lowest BCUT2D eigenvalue weighted by Crippen LogP contribution is -2.13. The molecular formula is C18H18Cl2N2S2. The zero-order valence-corrected chi connectivity index (χ0v) is 16.2. The summed E-state index contributed by atoms with van der Waals surface area (Å²) in [4.78, 5) is 5.50. The molecule has 0 aliphatic heterocycles. The van der Waals surface area contributed by atoms with Crippen LogP contribution in [0.15, 0.2) is 55.1 Å². The monoisotopic (exact) mass is 396 g/mol. The molecule has 0 saturated heterocycles. The van der Waals surface area contributed by atoms with Gasteiger partial charge in [-0.05, 0) is 42.7 Å². The van der Waals surface area contributed by atoms with E-state index in [2.05, 4.69) is 27.8 Å². The van der Waals surface area contributed by atoms with Crippen LogP contribution in [0.3, 0.4) is 0 Å². The molecule has 1 atom stereocenters. The molecule has 0 bridgehead atoms. The number of hydrogen-bond donors (Lipinski definition) is 0. The summed E-state index contributed by atoms with van der Waals surface area (Å²) in [5.41, 5.74) is 1.30. The normalized spacial score (nSPS) is 12.4. The van der Waals surface area contributed by atoms with Gasteiger partial charge in [0.2, 0.25) is 0 Å². The number of rotatable bonds is 8. The number of aromatic nitrogens is 2. The van der Waals surface area contributed by atoms with Crippen LogP contribution in [0.2, 0.25) is 9.36 Å². The first-order chi connectivity index (χ1) is 11.7. The van der Waals surface area contributed by atoms with Gasteiger partial charge in [-0.15, -0.1) is 11.3 Å². The second-order valence-electron chi connectivity index (χ2n) is 5.56. The first-order valence-corrected chi connectivity index (χ1v) is 10.4. The summed E-state index contributed by atoms with van der Waals surface area (Å²) in [7, 11) is 0. The molecule has 0 saturated carbocycles. The maximum atomic E-state index is 6.03. The summed E-state index contributed by atoms with van der Waals surface area (Å²) in [6.45, 7) is 0.970. The Morgan fingerprint density at radius 1 is 1.12 bits per heavy atom. The minimum atomic E-state index is 0.524. The van der Waals surface area contributed by atoms with Crippen molar-refractivity contribution in [1.82, 2.24) is 9.55 Å². The predicted octanol–water partition coefficient (Wildman–Crippen LogP) is 6.19. The van der Waals surface area contributed by atoms with Gasteiger partial charge in [0.1, 0.15) is 0 Å². The lowest BCUT2D eigenvalue weighted by molar-refractivity contribution is 0.626. The SMILES string of the molecule is Clc1ccc(CSC(CCc2ccc(Cl)s2)Cn2ccnc2)cc1. The lowest BCUT2D eigenvalue weighted by atomic mass is 10.2. The van der Waals surface area contributed by atoms with Crippen LogP contribution < -0.4 is 0 Å². The summed E-state index contributed by atoms with van der Waals surface area (Å²) < 4.78 is 3.02. The summed E-state index contributed by atoms with van der Waals surface area (Å²) in [6.07, 6.45) is 7.92. The summed E-state index contributed by atoms with van der Waals surface area (Å²) >= 11 is 15.7. The fraction of sp³-hybridized carbons (Fsp3) is 0.278. The van der Waals surface area contributed by atoms with Crippen LogP contribution in [0.1, 0.15) is 16.9 Å². The van der Waals surface area contributed by atoms with Gasteiger partial charge in [-0.2, -0.15) is 11.8 Å². The van der Waals surface area contributed by atoms with E-state index in [0.717, 1.165) is 34.5 Å². The van der Waals surface area contributed by atoms with Gasteiger partial charge in [-0.1, -0.05) is 35.3 Å². The van der Waals surface area contributed by atoms with Gasteiger partial charge < -0.3 is 4.57 Å². The quantitative estimate of drug-likeness (QED) is 0.451. The van der Waals surface area contributed by atoms with Crippen LogP contribution in [-0.4, -0.2) is 14.8 Å². The molecule has 126 valence electrons. The predicted molar refractivity (Wildman–Crippen MR) is 106 cm³/mol. The van der Waals surface area contributed by atoms with Crippen molar-refractivity contribution < 1.29 is 0 Å². The van der Waals surface area contributed by atoms with Crippen LogP contribution in [0, 0.1) is 0 Å². The van der Waals surface area contributed by atoms with Crippen LogP contribution in [-0.2, 0) is 18.7 Å². The Hall–Kier alpha value is -0.940. The summed E-state index contributed by atoms with van der Waals surface area (Å²) in [5, 5.41) is 1.31. The maximum Gasteiger partial charge on any atom is 0.0946 e. The number of thioether (sulfide) groups is 1. The molecule has 24 heavy (non-hydrogen) atoms. The van der Waals surface area contributed by atoms with E-state index >= 15 is 0 Å². The highest BCUT2D eigenvalue weighted by Gasteiger charge is 2.12. The molecule has 3 rings (SSSR count). The van der Waals surface area contributed by atoms with E-state index in [1.165, 1.54) is 10.4 Å². The number of halogens is 2. The standard InChI is InChI=1S/C18H18Cl2N2S2/c19-15-3-1-14(2-4-15)12-23-17(11-22-10-9-21-13-22)6-5-16-7-8-18(20)24-16/h1-4,7-10,13,17H,5-6,11-12H2. The molecule has 1 unspecified atom stereocenters. The van der Waals surface area contributed by atoms with E-state index in [9.17, 15) is 0 Å². The molecule has 2 nitrogen and oxygen atoms in total. The molecule has 0 spiro atoms. The number of hydrogen-bond acceptors (Lipinski definition) is 3. The van der Waals surface area contributed by atoms with Gasteiger partial charge >= 0.3 is 0 Å². The molecular weight excluding hydrogens is 379 g/mol. The highest BCUT2D eigenvalue weighted by molar-refractivity contribution is 7.99. The largest absolute Gasteiger partial charge is 0.336 e. The first kappa shape index (κ1) is 17.9. The number of benzene rings is 1. The minimum Gasteiger partial charge on any atom is -0.336 e. The number of aryl methyl sites for hydroxylation is 1. The molecule has 0 radical (unpaired) electrons. The topological polar surface area (TPSA) is 17.8 Å². The third-order valence-corrected chi connectivity index (χ3v) is 6.61. The molecule has 0 fully saturated rings. The third kappa shape index (κ3) is 5.55. The average Bonchev–Trinajstić information content (AvgIpc) is 3.23. The van der Waals surface area contributed by atoms with Gasteiger partial charge in [0.05, 0.1) is 10.7 Å². The molecule has 0 aliphatic carbocycles. The Morgan fingerprint density at radius 3 is 2.62 bits per heavy atom. The molecule has 2 aromatic heterocycles. The zero-order valence-electron chi connectivity index (χ0n) is 13.1. The molecule has 3 aromatic rings. The van der Waals surface area contributed by atoms with Gasteiger partial charge in [0, 0.05) is 39.8 Å². The van der Waals surface area contributed by atoms with Crippen LogP contribution in [0.5, 0.6) is 0 Å². The van der Waals surface area contributed by atoms with E-state index in [-0.39, 0.29) is 0 Å². The Morgan fingerprint density at radius 2 is 1.96 bits per heavy atom. The average molecular weight is 397 g/mol. The van der Waals surface area contributed by atoms with Crippen molar-refractivity contribution in [3.8, 4) is 0 Å². The second kappa shape index (κ2) is 8.95. The third-order valence-electron chi connectivity index (χ3n) is 3.71. The Kier molecular flexibility index (Phi) is 6.67. The molecule has 0 aliphatic rings. The smallest absolute Gasteiger partial charge is 0.0946 e. The zero-order chi connectivity index (χ0) is 16.8. The Balaban J connectivity index is 1.59. The fourth-order valence-electron chi connectivity index (χ4n) is 2.44. The van der Waals surface area contributed by atoms with Crippen molar-refractivity contribution >= 4 is 46.3 Å². The number of nitrogens with zero attached hydrogens (tertiary/aromatic N) is 2. The number of imidazole rings is 1. The fourth-order valence-corrected chi connectivity index (χ4v) is 4.85. The van der Waals surface area contributed by atoms with Crippen molar-refractivity contribution in [3.63, 3.8) is 0 Å². The van der Waals surface area contributed by atoms with E-state index in [1.807, 2.05) is 48.7 Å². The molecule has 0 N–H and O–H groups in total. The highest BCUT2D eigenvalue weighted by atomic mass is 35.5. The van der Waals surface area contributed by atoms with E-state index in [1.54, 1.807) is 11.3 Å². The highest BCUT2D eigenvalue weighted by Crippen LogP contribution is 2.27. The summed E-state index contributed by atoms with van der Waals surface area (Å²) in [5.74, 6) is 0.988. The van der Waals surface area contributed by atoms with Gasteiger partial charge in [0.15, 0.2) is 0 Å². The molecule has 6 heteroatoms. The van der Waals surface area contributed by atoms with Crippen molar-refractivity contribution in [3.05, 3.63) is 74.9 Å². The summed E-state index contributed by atoms with van der Waals surface area (Å²) in [6, 6.07) is 12.2. The van der Waals surface area contributed by atoms with Crippen LogP contribution in [0.25, 0.3) is 0 Å².